The summed E-state index contributed by atoms with van der Waals surface area (Å²) in [6.07, 6.45) is -1.16. The molecule has 1 N–H and O–H groups in total. The summed E-state index contributed by atoms with van der Waals surface area (Å²) in [6.45, 7) is 3.12. The smallest absolute Gasteiger partial charge is 0.226 e. The maximum atomic E-state index is 13.6. The molecule has 1 atom stereocenters. The van der Waals surface area contributed by atoms with Crippen molar-refractivity contribution in [2.45, 2.75) is 12.5 Å². The van der Waals surface area contributed by atoms with Crippen molar-refractivity contribution in [2.75, 3.05) is 46.4 Å². The van der Waals surface area contributed by atoms with Gasteiger partial charge < -0.3 is 14.7 Å². The number of hydrogen-bond acceptors (Lipinski definition) is 4. The van der Waals surface area contributed by atoms with Gasteiger partial charge in [0.15, 0.2) is 11.6 Å². The quantitative estimate of drug-likeness (QED) is 0.774. The highest BCUT2D eigenvalue weighted by Crippen LogP contribution is 2.15. The van der Waals surface area contributed by atoms with Gasteiger partial charge in [0.25, 0.3) is 0 Å². The van der Waals surface area contributed by atoms with Gasteiger partial charge in [-0.3, -0.25) is 9.69 Å². The van der Waals surface area contributed by atoms with E-state index in [9.17, 15) is 23.1 Å². The molecule has 1 aromatic rings. The molecule has 5 nitrogen and oxygen atoms in total. The first-order valence-corrected chi connectivity index (χ1v) is 7.72. The molecular weight excluding hydrogens is 325 g/mol. The third kappa shape index (κ3) is 5.19. The van der Waals surface area contributed by atoms with Crippen LogP contribution in [0.5, 0.6) is 0 Å². The molecule has 0 spiro atoms. The van der Waals surface area contributed by atoms with E-state index in [0.29, 0.717) is 31.9 Å². The van der Waals surface area contributed by atoms with Crippen LogP contribution in [-0.2, 0) is 16.0 Å². The van der Waals surface area contributed by atoms with Crippen LogP contribution in [0.25, 0.3) is 0 Å². The van der Waals surface area contributed by atoms with Gasteiger partial charge in [-0.05, 0) is 6.07 Å². The van der Waals surface area contributed by atoms with Crippen LogP contribution in [0.1, 0.15) is 5.56 Å². The second kappa shape index (κ2) is 8.46. The second-order valence-electron chi connectivity index (χ2n) is 5.88. The minimum atomic E-state index is -1.29. The number of likely N-dealkylation sites (N-methyl/N-ethyl adjacent to an activating group) is 1. The number of nitrogens with zero attached hydrogens (tertiary/aromatic N) is 2. The van der Waals surface area contributed by atoms with E-state index in [4.69, 9.17) is 4.74 Å². The molecule has 1 fully saturated rings. The summed E-state index contributed by atoms with van der Waals surface area (Å²) in [6, 6.07) is 1.10. The predicted octanol–water partition coefficient (Wildman–Crippen LogP) is 0.798. The molecule has 1 aliphatic heterocycles. The summed E-state index contributed by atoms with van der Waals surface area (Å²) in [5.41, 5.74) is -0.214. The first-order chi connectivity index (χ1) is 11.4. The normalized spacial score (nSPS) is 16.9. The first-order valence-electron chi connectivity index (χ1n) is 7.72. The van der Waals surface area contributed by atoms with Crippen molar-refractivity contribution in [3.8, 4) is 0 Å². The number of morpholine rings is 1. The highest BCUT2D eigenvalue weighted by Gasteiger charge is 2.20. The Morgan fingerprint density at radius 3 is 2.54 bits per heavy atom. The Morgan fingerprint density at radius 1 is 1.25 bits per heavy atom. The van der Waals surface area contributed by atoms with Gasteiger partial charge in [-0.15, -0.1) is 0 Å². The van der Waals surface area contributed by atoms with E-state index < -0.39 is 35.9 Å². The zero-order valence-corrected chi connectivity index (χ0v) is 13.5. The highest BCUT2D eigenvalue weighted by molar-refractivity contribution is 5.78. The molecule has 0 bridgehead atoms. The number of carbonyl (C=O) groups is 1. The van der Waals surface area contributed by atoms with Crippen molar-refractivity contribution in [3.63, 3.8) is 0 Å². The number of aliphatic hydroxyl groups excluding tert-OH is 1. The molecule has 8 heteroatoms. The van der Waals surface area contributed by atoms with Crippen LogP contribution in [0, 0.1) is 17.5 Å². The lowest BCUT2D eigenvalue weighted by atomic mass is 10.1. The summed E-state index contributed by atoms with van der Waals surface area (Å²) >= 11 is 0. The molecule has 1 aliphatic rings. The van der Waals surface area contributed by atoms with Crippen molar-refractivity contribution in [2.24, 2.45) is 0 Å². The monoisotopic (exact) mass is 346 g/mol. The molecule has 134 valence electrons. The Balaban J connectivity index is 1.86. The molecule has 0 saturated carbocycles. The zero-order chi connectivity index (χ0) is 17.7. The first kappa shape index (κ1) is 18.7. The van der Waals surface area contributed by atoms with Crippen molar-refractivity contribution in [1.29, 1.82) is 0 Å². The number of ether oxygens (including phenoxy) is 1. The lowest BCUT2D eigenvalue weighted by molar-refractivity contribution is -0.130. The Labute approximate surface area is 138 Å². The van der Waals surface area contributed by atoms with Gasteiger partial charge in [-0.1, -0.05) is 0 Å². The molecule has 1 unspecified atom stereocenters. The van der Waals surface area contributed by atoms with E-state index in [-0.39, 0.29) is 12.1 Å². The van der Waals surface area contributed by atoms with E-state index in [2.05, 4.69) is 0 Å². The topological polar surface area (TPSA) is 53.0 Å². The van der Waals surface area contributed by atoms with Crippen LogP contribution >= 0.6 is 0 Å². The number of benzene rings is 1. The van der Waals surface area contributed by atoms with Crippen molar-refractivity contribution < 1.29 is 27.8 Å². The van der Waals surface area contributed by atoms with Crippen LogP contribution < -0.4 is 0 Å². The van der Waals surface area contributed by atoms with Gasteiger partial charge in [0.05, 0.1) is 25.7 Å². The van der Waals surface area contributed by atoms with Gasteiger partial charge in [0.2, 0.25) is 5.91 Å². The SMILES string of the molecule is CN(CC(O)CN1CCOCC1)C(=O)Cc1cc(F)c(F)cc1F. The van der Waals surface area contributed by atoms with Gasteiger partial charge in [-0.25, -0.2) is 13.2 Å². The molecule has 0 aliphatic carbocycles. The summed E-state index contributed by atoms with van der Waals surface area (Å²) in [4.78, 5) is 15.4. The van der Waals surface area contributed by atoms with Crippen molar-refractivity contribution in [3.05, 3.63) is 35.1 Å². The standard InChI is InChI=1S/C16H21F3N2O3/c1-20(9-12(22)10-21-2-4-24-5-3-21)16(23)7-11-6-14(18)15(19)8-13(11)17/h6,8,12,22H,2-5,7,9-10H2,1H3. The van der Waals surface area contributed by atoms with Gasteiger partial charge >= 0.3 is 0 Å². The van der Waals surface area contributed by atoms with Crippen LogP contribution in [0.4, 0.5) is 13.2 Å². The Bertz CT molecular complexity index is 580. The fourth-order valence-corrected chi connectivity index (χ4v) is 2.55. The molecule has 0 aromatic heterocycles. The molecular formula is C16H21F3N2O3. The number of β-amino-alcohol motifs (C(OH)–C–C–N with tert-alkyl or cyclic N) is 1. The fourth-order valence-electron chi connectivity index (χ4n) is 2.55. The highest BCUT2D eigenvalue weighted by atomic mass is 19.2. The summed E-state index contributed by atoms with van der Waals surface area (Å²) in [5.74, 6) is -3.95. The van der Waals surface area contributed by atoms with Gasteiger partial charge in [0.1, 0.15) is 5.82 Å². The molecule has 1 aromatic carbocycles. The molecule has 1 amide bonds. The van der Waals surface area contributed by atoms with E-state index in [1.807, 2.05) is 4.90 Å². The maximum absolute atomic E-state index is 13.6. The van der Waals surface area contributed by atoms with Gasteiger partial charge in [0, 0.05) is 44.9 Å². The van der Waals surface area contributed by atoms with Crippen LogP contribution in [0.2, 0.25) is 0 Å². The number of carbonyl (C=O) groups excluding carboxylic acids is 1. The van der Waals surface area contributed by atoms with Gasteiger partial charge in [-0.2, -0.15) is 0 Å². The zero-order valence-electron chi connectivity index (χ0n) is 13.5. The fraction of sp³-hybridized carbons (Fsp3) is 0.562. The maximum Gasteiger partial charge on any atom is 0.226 e. The van der Waals surface area contributed by atoms with Crippen molar-refractivity contribution >= 4 is 5.91 Å². The Hall–Kier alpha value is -1.64. The third-order valence-electron chi connectivity index (χ3n) is 3.91. The Kier molecular flexibility index (Phi) is 6.59. The lowest BCUT2D eigenvalue weighted by Crippen LogP contribution is -2.45. The molecule has 1 heterocycles. The van der Waals surface area contributed by atoms with Crippen molar-refractivity contribution in [1.82, 2.24) is 9.80 Å². The summed E-state index contributed by atoms with van der Waals surface area (Å²) in [5, 5.41) is 10.1. The average molecular weight is 346 g/mol. The van der Waals surface area contributed by atoms with E-state index in [0.717, 1.165) is 13.1 Å². The summed E-state index contributed by atoms with van der Waals surface area (Å²) < 4.78 is 44.8. The molecule has 0 radical (unpaired) electrons. The van der Waals surface area contributed by atoms with E-state index in [1.54, 1.807) is 0 Å². The largest absolute Gasteiger partial charge is 0.390 e. The average Bonchev–Trinajstić information content (AvgIpc) is 2.53. The minimum absolute atomic E-state index is 0.0709. The predicted molar refractivity (Wildman–Crippen MR) is 80.9 cm³/mol. The number of rotatable bonds is 6. The number of amides is 1. The molecule has 1 saturated heterocycles. The lowest BCUT2D eigenvalue weighted by Gasteiger charge is -2.30. The number of hydrogen-bond donors (Lipinski definition) is 1. The van der Waals surface area contributed by atoms with E-state index >= 15 is 0 Å². The van der Waals surface area contributed by atoms with Crippen LogP contribution in [0.3, 0.4) is 0 Å². The Morgan fingerprint density at radius 2 is 1.88 bits per heavy atom. The van der Waals surface area contributed by atoms with Crippen LogP contribution in [0.15, 0.2) is 12.1 Å². The summed E-state index contributed by atoms with van der Waals surface area (Å²) in [7, 11) is 1.47. The van der Waals surface area contributed by atoms with E-state index in [1.165, 1.54) is 11.9 Å². The number of aliphatic hydroxyl groups is 1. The second-order valence-corrected chi connectivity index (χ2v) is 5.88. The van der Waals surface area contributed by atoms with Crippen LogP contribution in [-0.4, -0.2) is 73.4 Å². The minimum Gasteiger partial charge on any atom is -0.390 e. The third-order valence-corrected chi connectivity index (χ3v) is 3.91. The molecule has 2 rings (SSSR count). The number of halogens is 3. The molecule has 24 heavy (non-hydrogen) atoms.